The van der Waals surface area contributed by atoms with Crippen LogP contribution in [-0.2, 0) is 11.2 Å². The molecule has 0 aliphatic heterocycles. The number of anilines is 1. The summed E-state index contributed by atoms with van der Waals surface area (Å²) in [5.74, 6) is -0.271. The Hall–Kier alpha value is -1.81. The van der Waals surface area contributed by atoms with Crippen molar-refractivity contribution < 1.29 is 9.53 Å². The van der Waals surface area contributed by atoms with Crippen LogP contribution in [0.15, 0.2) is 41.1 Å². The monoisotopic (exact) mass is 275 g/mol. The molecule has 1 aromatic carbocycles. The predicted molar refractivity (Wildman–Crippen MR) is 78.9 cm³/mol. The molecule has 3 nitrogen and oxygen atoms in total. The highest BCUT2D eigenvalue weighted by Gasteiger charge is 2.05. The van der Waals surface area contributed by atoms with Crippen LogP contribution in [0.1, 0.15) is 22.8 Å². The van der Waals surface area contributed by atoms with Crippen molar-refractivity contribution in [2.45, 2.75) is 13.3 Å². The van der Waals surface area contributed by atoms with E-state index in [1.807, 2.05) is 12.1 Å². The molecule has 0 radical (unpaired) electrons. The molecule has 0 aliphatic carbocycles. The average Bonchev–Trinajstić information content (AvgIpc) is 2.93. The van der Waals surface area contributed by atoms with E-state index < -0.39 is 0 Å². The molecule has 1 aromatic heterocycles. The van der Waals surface area contributed by atoms with Gasteiger partial charge in [-0.05, 0) is 60.0 Å². The second kappa shape index (κ2) is 6.95. The van der Waals surface area contributed by atoms with Gasteiger partial charge in [0, 0.05) is 12.2 Å². The first-order valence-electron chi connectivity index (χ1n) is 6.31. The van der Waals surface area contributed by atoms with Crippen molar-refractivity contribution in [3.05, 3.63) is 52.2 Å². The molecule has 0 saturated carbocycles. The number of benzene rings is 1. The maximum atomic E-state index is 11.5. The van der Waals surface area contributed by atoms with Crippen LogP contribution in [0.4, 0.5) is 5.69 Å². The van der Waals surface area contributed by atoms with Crippen molar-refractivity contribution in [2.75, 3.05) is 18.5 Å². The van der Waals surface area contributed by atoms with E-state index in [9.17, 15) is 4.79 Å². The number of carbonyl (C=O) groups is 1. The van der Waals surface area contributed by atoms with Crippen molar-refractivity contribution in [3.8, 4) is 0 Å². The van der Waals surface area contributed by atoms with Gasteiger partial charge in [-0.1, -0.05) is 0 Å². The van der Waals surface area contributed by atoms with E-state index in [0.717, 1.165) is 18.7 Å². The first-order chi connectivity index (χ1) is 9.29. The molecule has 0 bridgehead atoms. The predicted octanol–water partition coefficient (Wildman–Crippen LogP) is 3.58. The van der Waals surface area contributed by atoms with Crippen LogP contribution in [0.25, 0.3) is 0 Å². The molecule has 0 aliphatic rings. The molecule has 0 spiro atoms. The van der Waals surface area contributed by atoms with Crippen LogP contribution in [-0.4, -0.2) is 19.1 Å². The molecule has 1 heterocycles. The van der Waals surface area contributed by atoms with E-state index in [1.165, 1.54) is 5.56 Å². The number of ether oxygens (including phenoxy) is 1. The number of esters is 1. The summed E-state index contributed by atoms with van der Waals surface area (Å²) in [6.45, 7) is 3.09. The van der Waals surface area contributed by atoms with Crippen LogP contribution >= 0.6 is 11.3 Å². The lowest BCUT2D eigenvalue weighted by Crippen LogP contribution is -2.06. The van der Waals surface area contributed by atoms with E-state index in [0.29, 0.717) is 12.2 Å². The summed E-state index contributed by atoms with van der Waals surface area (Å²) in [7, 11) is 0. The number of carbonyl (C=O) groups excluding carboxylic acids is 1. The standard InChI is InChI=1S/C15H17NO2S/c1-2-18-15(17)13-3-5-14(6-4-13)16-9-7-12-8-10-19-11-12/h3-6,8,10-11,16H,2,7,9H2,1H3. The molecule has 19 heavy (non-hydrogen) atoms. The minimum atomic E-state index is -0.271. The molecule has 2 aromatic rings. The number of hydrogen-bond donors (Lipinski definition) is 1. The highest BCUT2D eigenvalue weighted by atomic mass is 32.1. The Morgan fingerprint density at radius 3 is 2.68 bits per heavy atom. The summed E-state index contributed by atoms with van der Waals surface area (Å²) in [6.07, 6.45) is 1.00. The largest absolute Gasteiger partial charge is 0.462 e. The Balaban J connectivity index is 1.83. The van der Waals surface area contributed by atoms with Crippen LogP contribution in [0, 0.1) is 0 Å². The maximum Gasteiger partial charge on any atom is 0.338 e. The van der Waals surface area contributed by atoms with Crippen LogP contribution < -0.4 is 5.32 Å². The molecule has 0 atom stereocenters. The highest BCUT2D eigenvalue weighted by Crippen LogP contribution is 2.11. The van der Waals surface area contributed by atoms with E-state index in [-0.39, 0.29) is 5.97 Å². The normalized spacial score (nSPS) is 10.2. The lowest BCUT2D eigenvalue weighted by Gasteiger charge is -2.06. The second-order valence-corrected chi connectivity index (χ2v) is 4.89. The molecular formula is C15H17NO2S. The Bertz CT molecular complexity index is 505. The maximum absolute atomic E-state index is 11.5. The van der Waals surface area contributed by atoms with Gasteiger partial charge in [0.05, 0.1) is 12.2 Å². The number of thiophene rings is 1. The first-order valence-corrected chi connectivity index (χ1v) is 7.26. The van der Waals surface area contributed by atoms with E-state index in [2.05, 4.69) is 22.1 Å². The smallest absolute Gasteiger partial charge is 0.338 e. The third-order valence-corrected chi connectivity index (χ3v) is 3.45. The quantitative estimate of drug-likeness (QED) is 0.819. The molecule has 2 rings (SSSR count). The van der Waals surface area contributed by atoms with Gasteiger partial charge in [0.25, 0.3) is 0 Å². The summed E-state index contributed by atoms with van der Waals surface area (Å²) in [5.41, 5.74) is 2.95. The Morgan fingerprint density at radius 1 is 1.26 bits per heavy atom. The zero-order valence-corrected chi connectivity index (χ0v) is 11.7. The average molecular weight is 275 g/mol. The van der Waals surface area contributed by atoms with Gasteiger partial charge in [-0.2, -0.15) is 11.3 Å². The second-order valence-electron chi connectivity index (χ2n) is 4.11. The van der Waals surface area contributed by atoms with Gasteiger partial charge < -0.3 is 10.1 Å². The van der Waals surface area contributed by atoms with Gasteiger partial charge in [0.15, 0.2) is 0 Å². The SMILES string of the molecule is CCOC(=O)c1ccc(NCCc2ccsc2)cc1. The fourth-order valence-corrected chi connectivity index (χ4v) is 2.43. The number of nitrogens with one attached hydrogen (secondary N) is 1. The minimum absolute atomic E-state index is 0.271. The zero-order chi connectivity index (χ0) is 13.5. The van der Waals surface area contributed by atoms with Gasteiger partial charge in [-0.3, -0.25) is 0 Å². The van der Waals surface area contributed by atoms with Crippen molar-refractivity contribution in [3.63, 3.8) is 0 Å². The molecule has 0 fully saturated rings. The van der Waals surface area contributed by atoms with Crippen molar-refractivity contribution in [1.29, 1.82) is 0 Å². The molecular weight excluding hydrogens is 258 g/mol. The molecule has 0 unspecified atom stereocenters. The third kappa shape index (κ3) is 4.10. The zero-order valence-electron chi connectivity index (χ0n) is 10.9. The Kier molecular flexibility index (Phi) is 4.98. The van der Waals surface area contributed by atoms with Crippen molar-refractivity contribution >= 4 is 23.0 Å². The number of hydrogen-bond acceptors (Lipinski definition) is 4. The summed E-state index contributed by atoms with van der Waals surface area (Å²) >= 11 is 1.72. The van der Waals surface area contributed by atoms with Crippen molar-refractivity contribution in [2.24, 2.45) is 0 Å². The summed E-state index contributed by atoms with van der Waals surface area (Å²) in [4.78, 5) is 11.5. The molecule has 1 N–H and O–H groups in total. The third-order valence-electron chi connectivity index (χ3n) is 2.72. The summed E-state index contributed by atoms with van der Waals surface area (Å²) in [6, 6.07) is 9.51. The Labute approximate surface area is 117 Å². The molecule has 100 valence electrons. The van der Waals surface area contributed by atoms with Crippen LogP contribution in [0.5, 0.6) is 0 Å². The fraction of sp³-hybridized carbons (Fsp3) is 0.267. The van der Waals surface area contributed by atoms with E-state index >= 15 is 0 Å². The molecule has 4 heteroatoms. The van der Waals surface area contributed by atoms with Gasteiger partial charge in [0.2, 0.25) is 0 Å². The van der Waals surface area contributed by atoms with Crippen LogP contribution in [0.3, 0.4) is 0 Å². The van der Waals surface area contributed by atoms with E-state index in [1.54, 1.807) is 30.4 Å². The summed E-state index contributed by atoms with van der Waals surface area (Å²) < 4.78 is 4.94. The lowest BCUT2D eigenvalue weighted by atomic mass is 10.2. The van der Waals surface area contributed by atoms with Gasteiger partial charge in [-0.25, -0.2) is 4.79 Å². The Morgan fingerprint density at radius 2 is 2.05 bits per heavy atom. The lowest BCUT2D eigenvalue weighted by molar-refractivity contribution is 0.0526. The van der Waals surface area contributed by atoms with E-state index in [4.69, 9.17) is 4.74 Å². The minimum Gasteiger partial charge on any atom is -0.462 e. The first kappa shape index (κ1) is 13.6. The van der Waals surface area contributed by atoms with Crippen LogP contribution in [0.2, 0.25) is 0 Å². The topological polar surface area (TPSA) is 38.3 Å². The molecule has 0 saturated heterocycles. The fourth-order valence-electron chi connectivity index (χ4n) is 1.72. The highest BCUT2D eigenvalue weighted by molar-refractivity contribution is 7.07. The van der Waals surface area contributed by atoms with Gasteiger partial charge in [-0.15, -0.1) is 0 Å². The van der Waals surface area contributed by atoms with Gasteiger partial charge in [0.1, 0.15) is 0 Å². The van der Waals surface area contributed by atoms with Crippen molar-refractivity contribution in [1.82, 2.24) is 0 Å². The van der Waals surface area contributed by atoms with Gasteiger partial charge >= 0.3 is 5.97 Å². The summed E-state index contributed by atoms with van der Waals surface area (Å²) in [5, 5.41) is 7.58. The molecule has 0 amide bonds. The number of rotatable bonds is 6.